The summed E-state index contributed by atoms with van der Waals surface area (Å²) in [6, 6.07) is 14.3. The fourth-order valence-corrected chi connectivity index (χ4v) is 7.88. The maximum Gasteiger partial charge on any atom is 2.00 e. The molecule has 0 saturated heterocycles. The Labute approximate surface area is 307 Å². The average Bonchev–Trinajstić information content (AvgIpc) is 3.37. The molecule has 2 saturated carbocycles. The molecule has 4 heteroatoms. The minimum absolute atomic E-state index is 0. The molecule has 0 spiro atoms. The SMILES string of the molecule is Cc1[cH-]c2c(C)ccc(C3(C)CCCCC3)c2c1C.Cc1[cH-]c2c(C)ccc(C3(C)CCCCC3)c2c1C.[Cl-].[Cl-].[Zr+2].[Zr+2]. The second kappa shape index (κ2) is 16.0. The number of rotatable bonds is 2. The van der Waals surface area contributed by atoms with Crippen molar-refractivity contribution in [2.24, 2.45) is 0 Å². The molecular weight excluding hydrogens is 710 g/mol. The van der Waals surface area contributed by atoms with Gasteiger partial charge in [0.2, 0.25) is 0 Å². The summed E-state index contributed by atoms with van der Waals surface area (Å²) in [7, 11) is 0. The largest absolute Gasteiger partial charge is 2.00 e. The van der Waals surface area contributed by atoms with Crippen LogP contribution in [0.25, 0.3) is 21.5 Å². The number of hydrogen-bond donors (Lipinski definition) is 0. The summed E-state index contributed by atoms with van der Waals surface area (Å²) in [5, 5.41) is 6.09. The van der Waals surface area contributed by atoms with Gasteiger partial charge in [-0.3, -0.25) is 0 Å². The topological polar surface area (TPSA) is 0 Å². The van der Waals surface area contributed by atoms with Gasteiger partial charge in [-0.15, -0.1) is 68.1 Å². The molecule has 0 heterocycles. The van der Waals surface area contributed by atoms with E-state index in [1.165, 1.54) is 108 Å². The minimum Gasteiger partial charge on any atom is -1.00 e. The Balaban J connectivity index is 0.000000383. The van der Waals surface area contributed by atoms with Gasteiger partial charge in [-0.1, -0.05) is 117 Å². The Morgan fingerprint density at radius 1 is 0.500 bits per heavy atom. The van der Waals surface area contributed by atoms with Crippen LogP contribution in [0.3, 0.4) is 0 Å². The minimum atomic E-state index is 0. The molecule has 0 bridgehead atoms. The molecule has 0 aromatic heterocycles. The third kappa shape index (κ3) is 7.51. The van der Waals surface area contributed by atoms with Gasteiger partial charge in [-0.2, -0.15) is 11.1 Å². The van der Waals surface area contributed by atoms with Gasteiger partial charge < -0.3 is 24.8 Å². The molecule has 0 unspecified atom stereocenters. The van der Waals surface area contributed by atoms with Gasteiger partial charge in [-0.25, -0.2) is 0 Å². The number of aryl methyl sites for hydroxylation is 6. The zero-order valence-corrected chi connectivity index (χ0v) is 33.7. The molecule has 0 aliphatic heterocycles. The Morgan fingerprint density at radius 3 is 1.12 bits per heavy atom. The van der Waals surface area contributed by atoms with E-state index in [0.29, 0.717) is 10.8 Å². The van der Waals surface area contributed by atoms with Crippen LogP contribution in [-0.2, 0) is 63.2 Å². The Kier molecular flexibility index (Phi) is 15.3. The molecule has 0 N–H and O–H groups in total. The maximum atomic E-state index is 2.48. The van der Waals surface area contributed by atoms with Crippen LogP contribution in [0.15, 0.2) is 36.4 Å². The molecule has 0 atom stereocenters. The summed E-state index contributed by atoms with van der Waals surface area (Å²) in [5.41, 5.74) is 12.8. The first-order valence-corrected chi connectivity index (χ1v) is 15.4. The van der Waals surface area contributed by atoms with Crippen LogP contribution in [0.5, 0.6) is 0 Å². The summed E-state index contributed by atoms with van der Waals surface area (Å²) >= 11 is 0. The molecule has 42 heavy (non-hydrogen) atoms. The molecule has 4 aromatic rings. The van der Waals surface area contributed by atoms with E-state index in [9.17, 15) is 0 Å². The van der Waals surface area contributed by atoms with Crippen molar-refractivity contribution in [1.29, 1.82) is 0 Å². The van der Waals surface area contributed by atoms with E-state index in [0.717, 1.165) is 0 Å². The van der Waals surface area contributed by atoms with E-state index in [1.807, 2.05) is 0 Å². The van der Waals surface area contributed by atoms with E-state index < -0.39 is 0 Å². The molecular formula is C38H50Cl2Zr2. The monoisotopic (exact) mass is 756 g/mol. The second-order valence-electron chi connectivity index (χ2n) is 13.6. The van der Waals surface area contributed by atoms with Crippen LogP contribution in [0, 0.1) is 41.5 Å². The van der Waals surface area contributed by atoms with Crippen LogP contribution in [0.2, 0.25) is 0 Å². The van der Waals surface area contributed by atoms with Crippen molar-refractivity contribution in [3.63, 3.8) is 0 Å². The van der Waals surface area contributed by atoms with Gasteiger partial charge >= 0.3 is 52.4 Å². The average molecular weight is 760 g/mol. The maximum absolute atomic E-state index is 2.48. The quantitative estimate of drug-likeness (QED) is 0.240. The Bertz CT molecular complexity index is 1350. The van der Waals surface area contributed by atoms with Gasteiger partial charge in [0, 0.05) is 0 Å². The first kappa shape index (κ1) is 40.0. The van der Waals surface area contributed by atoms with E-state index in [-0.39, 0.29) is 77.2 Å². The van der Waals surface area contributed by atoms with Crippen LogP contribution in [0.1, 0.15) is 123 Å². The smallest absolute Gasteiger partial charge is 1.00 e. The molecule has 2 fully saturated rings. The summed E-state index contributed by atoms with van der Waals surface area (Å²) in [5.74, 6) is 0. The van der Waals surface area contributed by atoms with Crippen molar-refractivity contribution in [2.45, 2.75) is 130 Å². The fourth-order valence-electron chi connectivity index (χ4n) is 7.88. The van der Waals surface area contributed by atoms with Crippen LogP contribution >= 0.6 is 0 Å². The van der Waals surface area contributed by atoms with Gasteiger partial charge in [0.15, 0.2) is 0 Å². The normalized spacial score (nSPS) is 17.1. The zero-order chi connectivity index (χ0) is 27.2. The van der Waals surface area contributed by atoms with Crippen molar-refractivity contribution in [3.8, 4) is 0 Å². The van der Waals surface area contributed by atoms with Crippen molar-refractivity contribution in [3.05, 3.63) is 80.9 Å². The van der Waals surface area contributed by atoms with E-state index in [2.05, 4.69) is 91.8 Å². The predicted molar refractivity (Wildman–Crippen MR) is 168 cm³/mol. The Hall–Kier alpha value is 0.00623. The van der Waals surface area contributed by atoms with E-state index >= 15 is 0 Å². The van der Waals surface area contributed by atoms with Gasteiger partial charge in [0.1, 0.15) is 0 Å². The van der Waals surface area contributed by atoms with Crippen LogP contribution < -0.4 is 24.8 Å². The van der Waals surface area contributed by atoms with Crippen molar-refractivity contribution in [2.75, 3.05) is 0 Å². The van der Waals surface area contributed by atoms with Crippen LogP contribution in [-0.4, -0.2) is 0 Å². The van der Waals surface area contributed by atoms with Gasteiger partial charge in [-0.05, 0) is 36.5 Å². The molecule has 2 aliphatic carbocycles. The predicted octanol–water partition coefficient (Wildman–Crippen LogP) is 5.41. The summed E-state index contributed by atoms with van der Waals surface area (Å²) < 4.78 is 0. The first-order valence-electron chi connectivity index (χ1n) is 15.4. The number of fused-ring (bicyclic) bond motifs is 2. The Morgan fingerprint density at radius 2 is 0.810 bits per heavy atom. The summed E-state index contributed by atoms with van der Waals surface area (Å²) in [6.07, 6.45) is 13.8. The standard InChI is InChI=1S/2C19H25.2ClH.2Zr/c2*1-13-8-9-17(19(4)10-6-5-7-11-19)18-15(3)14(2)12-16(13)18;;;;/h2*8-9,12H,5-7,10-11H2,1-4H3;2*1H;;/q2*-1;;;2*+2/p-2. The molecule has 4 aromatic carbocycles. The second-order valence-corrected chi connectivity index (χ2v) is 13.6. The molecule has 6 rings (SSSR count). The van der Waals surface area contributed by atoms with Crippen molar-refractivity contribution in [1.82, 2.24) is 0 Å². The van der Waals surface area contributed by atoms with Crippen LogP contribution in [0.4, 0.5) is 0 Å². The number of benzene rings is 2. The van der Waals surface area contributed by atoms with Crippen molar-refractivity contribution >= 4 is 21.5 Å². The fraction of sp³-hybridized carbons (Fsp3) is 0.526. The third-order valence-corrected chi connectivity index (χ3v) is 10.8. The zero-order valence-electron chi connectivity index (χ0n) is 27.3. The number of hydrogen-bond acceptors (Lipinski definition) is 0. The number of halogens is 2. The molecule has 0 amide bonds. The van der Waals surface area contributed by atoms with Gasteiger partial charge in [0.25, 0.3) is 0 Å². The van der Waals surface area contributed by atoms with E-state index in [1.54, 1.807) is 21.9 Å². The van der Waals surface area contributed by atoms with Crippen molar-refractivity contribution < 1.29 is 77.2 Å². The summed E-state index contributed by atoms with van der Waals surface area (Å²) in [4.78, 5) is 0. The molecule has 224 valence electrons. The first-order chi connectivity index (χ1) is 18.1. The molecule has 0 nitrogen and oxygen atoms in total. The summed E-state index contributed by atoms with van der Waals surface area (Å²) in [6.45, 7) is 18.6. The van der Waals surface area contributed by atoms with Gasteiger partial charge in [0.05, 0.1) is 0 Å². The third-order valence-electron chi connectivity index (χ3n) is 10.8. The molecule has 0 radical (unpaired) electrons. The molecule has 2 aliphatic rings. The van der Waals surface area contributed by atoms with E-state index in [4.69, 9.17) is 0 Å².